The van der Waals surface area contributed by atoms with E-state index in [1.165, 1.54) is 96.3 Å². The van der Waals surface area contributed by atoms with Gasteiger partial charge in [-0.2, -0.15) is 8.42 Å². The molecule has 0 spiro atoms. The van der Waals surface area contributed by atoms with Gasteiger partial charge in [-0.3, -0.25) is 9.87 Å². The average molecular weight is 481 g/mol. The first-order valence-corrected chi connectivity index (χ1v) is 14.4. The summed E-state index contributed by atoms with van der Waals surface area (Å²) in [7, 11) is 1.96. The predicted octanol–water partition coefficient (Wildman–Crippen LogP) is 4.12. The fourth-order valence-electron chi connectivity index (χ4n) is 3.59. The van der Waals surface area contributed by atoms with Crippen LogP contribution < -0.4 is 10.4 Å². The molecule has 1 unspecified atom stereocenters. The summed E-state index contributed by atoms with van der Waals surface area (Å²) in [6.45, 7) is 3.03. The second-order valence-electron chi connectivity index (χ2n) is 9.83. The molecule has 32 heavy (non-hydrogen) atoms. The van der Waals surface area contributed by atoms with Crippen LogP contribution in [0.1, 0.15) is 110 Å². The number of unbranched alkanes of at least 4 members (excludes halogenated alkanes) is 15. The molecular formula is C24H52N2O5S. The number of nitrogens with one attached hydrogen (secondary N) is 1. The first kappa shape index (κ1) is 33.5. The van der Waals surface area contributed by atoms with Crippen molar-refractivity contribution >= 4 is 16.1 Å². The van der Waals surface area contributed by atoms with Crippen molar-refractivity contribution in [2.45, 2.75) is 116 Å². The van der Waals surface area contributed by atoms with E-state index in [1.54, 1.807) is 0 Å². The molecule has 0 aromatic heterocycles. The van der Waals surface area contributed by atoms with E-state index in [4.69, 9.17) is 4.55 Å². The Bertz CT molecular complexity index is 525. The summed E-state index contributed by atoms with van der Waals surface area (Å²) in [5.41, 5.74) is 0. The van der Waals surface area contributed by atoms with E-state index in [9.17, 15) is 18.3 Å². The van der Waals surface area contributed by atoms with Crippen LogP contribution in [0.15, 0.2) is 0 Å². The van der Waals surface area contributed by atoms with Crippen molar-refractivity contribution in [2.75, 3.05) is 33.9 Å². The number of aliphatic carboxylic acids is 1. The molecule has 2 N–H and O–H groups in total. The van der Waals surface area contributed by atoms with Gasteiger partial charge in [0.05, 0.1) is 27.4 Å². The molecule has 0 rings (SSSR count). The Morgan fingerprint density at radius 3 is 1.31 bits per heavy atom. The molecule has 0 amide bonds. The molecule has 0 radical (unpaired) electrons. The van der Waals surface area contributed by atoms with Crippen LogP contribution in [-0.4, -0.2) is 63.5 Å². The number of carbonyl (C=O) groups excluding carboxylic acids is 1. The third-order valence-electron chi connectivity index (χ3n) is 5.37. The summed E-state index contributed by atoms with van der Waals surface area (Å²) in [6, 6.07) is 0. The maximum atomic E-state index is 11.2. The molecule has 0 heterocycles. The van der Waals surface area contributed by atoms with Crippen molar-refractivity contribution in [3.05, 3.63) is 0 Å². The molecule has 1 atom stereocenters. The van der Waals surface area contributed by atoms with Gasteiger partial charge in [-0.15, -0.1) is 0 Å². The number of quaternary nitrogens is 1. The molecule has 194 valence electrons. The zero-order valence-corrected chi connectivity index (χ0v) is 22.4. The van der Waals surface area contributed by atoms with Gasteiger partial charge in [0.2, 0.25) is 0 Å². The van der Waals surface area contributed by atoms with Gasteiger partial charge in [0, 0.05) is 6.54 Å². The molecule has 0 aromatic carbocycles. The summed E-state index contributed by atoms with van der Waals surface area (Å²) < 4.78 is 26.2. The lowest BCUT2D eigenvalue weighted by molar-refractivity contribution is -0.892. The third kappa shape index (κ3) is 29.3. The lowest BCUT2D eigenvalue weighted by atomic mass is 10.0. The Labute approximate surface area is 198 Å². The number of hydrogen-bond donors (Lipinski definition) is 2. The summed E-state index contributed by atoms with van der Waals surface area (Å²) in [5, 5.41) is 14.3. The van der Waals surface area contributed by atoms with Crippen LogP contribution in [0.4, 0.5) is 0 Å². The fraction of sp³-hybridized carbons (Fsp3) is 0.958. The standard InChI is InChI=1S/C23H48N2O2.CH4O3S/c1-5-6-7-8-9-10-11-12-13-14-15-16-17-18-19-20-21-24-22(23(26)27)25(2,3)4;1-5(2,3)4/h22,24H,5-21H2,1-4H3;1H3,(H,2,3,4). The molecule has 0 aromatic rings. The fourth-order valence-corrected chi connectivity index (χ4v) is 3.59. The Balaban J connectivity index is 0. The average Bonchev–Trinajstić information content (AvgIpc) is 2.64. The topological polar surface area (TPSA) is 107 Å². The zero-order chi connectivity index (χ0) is 24.9. The Morgan fingerprint density at radius 1 is 0.781 bits per heavy atom. The maximum Gasteiger partial charge on any atom is 0.261 e. The summed E-state index contributed by atoms with van der Waals surface area (Å²) in [4.78, 5) is 11.2. The van der Waals surface area contributed by atoms with Crippen molar-refractivity contribution in [2.24, 2.45) is 0 Å². The number of carboxylic acids is 1. The minimum absolute atomic E-state index is 0.348. The van der Waals surface area contributed by atoms with E-state index in [2.05, 4.69) is 12.2 Å². The van der Waals surface area contributed by atoms with E-state index < -0.39 is 22.3 Å². The summed E-state index contributed by atoms with van der Waals surface area (Å²) >= 11 is 0. The van der Waals surface area contributed by atoms with Crippen LogP contribution in [0.2, 0.25) is 0 Å². The lowest BCUT2D eigenvalue weighted by Crippen LogP contribution is -2.62. The van der Waals surface area contributed by atoms with Crippen molar-refractivity contribution in [3.63, 3.8) is 0 Å². The monoisotopic (exact) mass is 480 g/mol. The van der Waals surface area contributed by atoms with Gasteiger partial charge in [0.25, 0.3) is 10.1 Å². The maximum absolute atomic E-state index is 11.2. The molecule has 0 aliphatic rings. The quantitative estimate of drug-likeness (QED) is 0.117. The molecule has 0 aliphatic carbocycles. The normalized spacial score (nSPS) is 12.8. The number of rotatable bonds is 20. The SMILES string of the molecule is CCCCCCCCCCCCCCCCCCNC(C(=O)[O-])[N+](C)(C)C.CS(=O)(=O)O. The summed E-state index contributed by atoms with van der Waals surface area (Å²) in [5.74, 6) is -1.01. The molecule has 0 fully saturated rings. The number of nitrogens with zero attached hydrogens (tertiary/aromatic N) is 1. The highest BCUT2D eigenvalue weighted by Crippen LogP contribution is 2.13. The van der Waals surface area contributed by atoms with E-state index in [0.29, 0.717) is 10.7 Å². The largest absolute Gasteiger partial charge is 0.543 e. The van der Waals surface area contributed by atoms with E-state index >= 15 is 0 Å². The highest BCUT2D eigenvalue weighted by Gasteiger charge is 2.23. The van der Waals surface area contributed by atoms with Crippen LogP contribution in [0.25, 0.3) is 0 Å². The Morgan fingerprint density at radius 2 is 1.06 bits per heavy atom. The van der Waals surface area contributed by atoms with E-state index in [1.807, 2.05) is 21.1 Å². The van der Waals surface area contributed by atoms with Crippen molar-refractivity contribution in [1.29, 1.82) is 0 Å². The summed E-state index contributed by atoms with van der Waals surface area (Å²) in [6.07, 6.45) is 21.8. The zero-order valence-electron chi connectivity index (χ0n) is 21.5. The molecule has 7 nitrogen and oxygen atoms in total. The second-order valence-corrected chi connectivity index (χ2v) is 11.3. The smallest absolute Gasteiger partial charge is 0.261 e. The molecular weight excluding hydrogens is 428 g/mol. The predicted molar refractivity (Wildman–Crippen MR) is 132 cm³/mol. The second kappa shape index (κ2) is 20.9. The minimum atomic E-state index is -3.67. The van der Waals surface area contributed by atoms with Crippen LogP contribution in [0, 0.1) is 0 Å². The minimum Gasteiger partial charge on any atom is -0.543 e. The first-order chi connectivity index (χ1) is 14.9. The van der Waals surface area contributed by atoms with Crippen molar-refractivity contribution < 1.29 is 27.4 Å². The Kier molecular flexibility index (Phi) is 21.8. The third-order valence-corrected chi connectivity index (χ3v) is 5.37. The molecule has 8 heteroatoms. The van der Waals surface area contributed by atoms with E-state index in [0.717, 1.165) is 13.0 Å². The van der Waals surface area contributed by atoms with Crippen LogP contribution >= 0.6 is 0 Å². The molecule has 0 aliphatic heterocycles. The van der Waals surface area contributed by atoms with Gasteiger partial charge in [-0.1, -0.05) is 103 Å². The first-order valence-electron chi connectivity index (χ1n) is 12.6. The number of carboxylic acid groups (broad SMARTS) is 1. The number of likely N-dealkylation sites (N-methyl/N-ethyl adjacent to an activating group) is 1. The van der Waals surface area contributed by atoms with Crippen molar-refractivity contribution in [3.8, 4) is 0 Å². The number of carbonyl (C=O) groups is 1. The van der Waals surface area contributed by atoms with Crippen LogP contribution in [0.3, 0.4) is 0 Å². The molecule has 0 saturated heterocycles. The van der Waals surface area contributed by atoms with Gasteiger partial charge in [-0.25, -0.2) is 0 Å². The Hall–Kier alpha value is -0.700. The van der Waals surface area contributed by atoms with Crippen LogP contribution in [-0.2, 0) is 14.9 Å². The van der Waals surface area contributed by atoms with Gasteiger partial charge in [0.1, 0.15) is 5.97 Å². The van der Waals surface area contributed by atoms with Crippen LogP contribution in [0.5, 0.6) is 0 Å². The number of hydrogen-bond acceptors (Lipinski definition) is 5. The highest BCUT2D eigenvalue weighted by atomic mass is 32.2. The highest BCUT2D eigenvalue weighted by molar-refractivity contribution is 7.85. The van der Waals surface area contributed by atoms with Crippen molar-refractivity contribution in [1.82, 2.24) is 5.32 Å². The lowest BCUT2D eigenvalue weighted by Gasteiger charge is -2.35. The molecule has 0 bridgehead atoms. The van der Waals surface area contributed by atoms with Gasteiger partial charge >= 0.3 is 0 Å². The van der Waals surface area contributed by atoms with E-state index in [-0.39, 0.29) is 0 Å². The van der Waals surface area contributed by atoms with Gasteiger partial charge < -0.3 is 14.4 Å². The van der Waals surface area contributed by atoms with Gasteiger partial charge in [0.15, 0.2) is 6.17 Å². The van der Waals surface area contributed by atoms with Gasteiger partial charge in [-0.05, 0) is 6.42 Å². The molecule has 0 saturated carbocycles.